The lowest BCUT2D eigenvalue weighted by atomic mass is 10.0. The smallest absolute Gasteiger partial charge is 0.124 e. The maximum absolute atomic E-state index is 6.09. The van der Waals surface area contributed by atoms with Crippen LogP contribution in [0.3, 0.4) is 0 Å². The molecule has 0 aliphatic rings. The van der Waals surface area contributed by atoms with Crippen LogP contribution >= 0.6 is 0 Å². The second-order valence-corrected chi connectivity index (χ2v) is 7.06. The number of hydrogen-bond donors (Lipinski definition) is 1. The second kappa shape index (κ2) is 8.17. The lowest BCUT2D eigenvalue weighted by Crippen LogP contribution is -2.15. The third-order valence-corrected chi connectivity index (χ3v) is 4.28. The number of aryl methyl sites for hydroxylation is 1. The van der Waals surface area contributed by atoms with Crippen LogP contribution in [0.1, 0.15) is 30.5 Å². The molecule has 0 radical (unpaired) electrons. The maximum atomic E-state index is 6.09. The van der Waals surface area contributed by atoms with E-state index in [1.54, 1.807) is 0 Å². The van der Waals surface area contributed by atoms with Crippen molar-refractivity contribution in [1.29, 1.82) is 0 Å². The lowest BCUT2D eigenvalue weighted by Gasteiger charge is -2.16. The van der Waals surface area contributed by atoms with Crippen molar-refractivity contribution >= 4 is 10.8 Å². The van der Waals surface area contributed by atoms with Gasteiger partial charge in [-0.25, -0.2) is 0 Å². The van der Waals surface area contributed by atoms with Gasteiger partial charge in [0, 0.05) is 18.7 Å². The van der Waals surface area contributed by atoms with Crippen LogP contribution in [0, 0.1) is 12.8 Å². The molecule has 0 fully saturated rings. The molecule has 0 unspecified atom stereocenters. The summed E-state index contributed by atoms with van der Waals surface area (Å²) in [6.07, 6.45) is 0. The van der Waals surface area contributed by atoms with Gasteiger partial charge in [-0.3, -0.25) is 0 Å². The monoisotopic (exact) mass is 333 g/mol. The fraction of sp³-hybridized carbons (Fsp3) is 0.304. The predicted octanol–water partition coefficient (Wildman–Crippen LogP) is 5.47. The van der Waals surface area contributed by atoms with Gasteiger partial charge in [0.05, 0.1) is 6.61 Å². The zero-order valence-electron chi connectivity index (χ0n) is 15.4. The van der Waals surface area contributed by atoms with Gasteiger partial charge in [-0.2, -0.15) is 0 Å². The van der Waals surface area contributed by atoms with Crippen molar-refractivity contribution in [3.63, 3.8) is 0 Å². The van der Waals surface area contributed by atoms with Crippen LogP contribution in [0.4, 0.5) is 0 Å². The molecule has 0 amide bonds. The summed E-state index contributed by atoms with van der Waals surface area (Å²) in [5.74, 6) is 1.50. The van der Waals surface area contributed by atoms with Crippen molar-refractivity contribution in [3.8, 4) is 5.75 Å². The largest absolute Gasteiger partial charge is 0.493 e. The highest BCUT2D eigenvalue weighted by atomic mass is 16.5. The normalized spacial score (nSPS) is 11.2. The zero-order valence-corrected chi connectivity index (χ0v) is 15.4. The maximum Gasteiger partial charge on any atom is 0.124 e. The Balaban J connectivity index is 1.80. The van der Waals surface area contributed by atoms with Gasteiger partial charge >= 0.3 is 0 Å². The van der Waals surface area contributed by atoms with Crippen molar-refractivity contribution in [2.45, 2.75) is 33.9 Å². The first-order chi connectivity index (χ1) is 12.1. The van der Waals surface area contributed by atoms with E-state index >= 15 is 0 Å². The van der Waals surface area contributed by atoms with E-state index in [-0.39, 0.29) is 0 Å². The molecule has 130 valence electrons. The molecule has 0 heterocycles. The molecule has 3 aromatic carbocycles. The van der Waals surface area contributed by atoms with Crippen molar-refractivity contribution in [2.75, 3.05) is 6.61 Å². The number of hydrogen-bond acceptors (Lipinski definition) is 2. The van der Waals surface area contributed by atoms with Crippen LogP contribution in [0.15, 0.2) is 60.7 Å². The van der Waals surface area contributed by atoms with Crippen LogP contribution in [0.5, 0.6) is 5.75 Å². The molecular formula is C23H27NO. The average Bonchev–Trinajstić information content (AvgIpc) is 2.60. The summed E-state index contributed by atoms with van der Waals surface area (Å²) in [6.45, 7) is 8.87. The Morgan fingerprint density at radius 3 is 2.56 bits per heavy atom. The van der Waals surface area contributed by atoms with Crippen LogP contribution in [0.2, 0.25) is 0 Å². The number of ether oxygens (including phenoxy) is 1. The molecule has 3 aromatic rings. The van der Waals surface area contributed by atoms with Crippen molar-refractivity contribution in [3.05, 3.63) is 77.4 Å². The number of fused-ring (bicyclic) bond motifs is 1. The number of rotatable bonds is 7. The summed E-state index contributed by atoms with van der Waals surface area (Å²) >= 11 is 0. The summed E-state index contributed by atoms with van der Waals surface area (Å²) in [5.41, 5.74) is 3.85. The van der Waals surface area contributed by atoms with Gasteiger partial charge in [-0.05, 0) is 35.2 Å². The number of nitrogens with one attached hydrogen (secondary N) is 1. The molecule has 3 rings (SSSR count). The molecular weight excluding hydrogens is 306 g/mol. The molecule has 0 spiro atoms. The molecule has 0 aliphatic carbocycles. The third-order valence-electron chi connectivity index (χ3n) is 4.28. The second-order valence-electron chi connectivity index (χ2n) is 7.06. The third kappa shape index (κ3) is 4.61. The SMILES string of the molecule is Cc1cccc(CNCc2c(OCC(C)C)ccc3ccccc23)c1. The predicted molar refractivity (Wildman–Crippen MR) is 106 cm³/mol. The average molecular weight is 333 g/mol. The van der Waals surface area contributed by atoms with Crippen LogP contribution in [-0.2, 0) is 13.1 Å². The van der Waals surface area contributed by atoms with E-state index in [4.69, 9.17) is 4.74 Å². The molecule has 2 heteroatoms. The summed E-state index contributed by atoms with van der Waals surface area (Å²) in [6, 6.07) is 21.4. The molecule has 0 bridgehead atoms. The van der Waals surface area contributed by atoms with Crippen molar-refractivity contribution < 1.29 is 4.74 Å². The molecule has 0 saturated heterocycles. The summed E-state index contributed by atoms with van der Waals surface area (Å²) in [4.78, 5) is 0. The standard InChI is InChI=1S/C23H27NO/c1-17(2)16-25-23-12-11-20-9-4-5-10-21(20)22(23)15-24-14-19-8-6-7-18(3)13-19/h4-13,17,24H,14-16H2,1-3H3. The van der Waals surface area contributed by atoms with Gasteiger partial charge in [0.25, 0.3) is 0 Å². The van der Waals surface area contributed by atoms with E-state index in [2.05, 4.69) is 86.8 Å². The molecule has 0 aromatic heterocycles. The van der Waals surface area contributed by atoms with Crippen LogP contribution in [-0.4, -0.2) is 6.61 Å². The highest BCUT2D eigenvalue weighted by Crippen LogP contribution is 2.28. The molecule has 25 heavy (non-hydrogen) atoms. The Morgan fingerprint density at radius 2 is 1.76 bits per heavy atom. The molecule has 1 N–H and O–H groups in total. The fourth-order valence-electron chi connectivity index (χ4n) is 3.04. The Morgan fingerprint density at radius 1 is 0.920 bits per heavy atom. The first-order valence-electron chi connectivity index (χ1n) is 9.03. The van der Waals surface area contributed by atoms with E-state index in [9.17, 15) is 0 Å². The highest BCUT2D eigenvalue weighted by molar-refractivity contribution is 5.87. The van der Waals surface area contributed by atoms with Crippen LogP contribution < -0.4 is 10.1 Å². The van der Waals surface area contributed by atoms with Gasteiger partial charge in [-0.15, -0.1) is 0 Å². The van der Waals surface area contributed by atoms with Crippen molar-refractivity contribution in [2.24, 2.45) is 5.92 Å². The van der Waals surface area contributed by atoms with E-state index in [1.165, 1.54) is 27.5 Å². The van der Waals surface area contributed by atoms with Gasteiger partial charge < -0.3 is 10.1 Å². The van der Waals surface area contributed by atoms with Gasteiger partial charge in [0.1, 0.15) is 5.75 Å². The van der Waals surface area contributed by atoms with E-state index in [0.717, 1.165) is 25.4 Å². The minimum atomic E-state index is 0.513. The Bertz CT molecular complexity index is 838. The fourth-order valence-corrected chi connectivity index (χ4v) is 3.04. The summed E-state index contributed by atoms with van der Waals surface area (Å²) < 4.78 is 6.09. The number of benzene rings is 3. The van der Waals surface area contributed by atoms with E-state index in [1.807, 2.05) is 0 Å². The highest BCUT2D eigenvalue weighted by Gasteiger charge is 2.09. The molecule has 0 saturated carbocycles. The summed E-state index contributed by atoms with van der Waals surface area (Å²) in [5, 5.41) is 6.11. The van der Waals surface area contributed by atoms with Gasteiger partial charge in [-0.1, -0.05) is 74.0 Å². The summed E-state index contributed by atoms with van der Waals surface area (Å²) in [7, 11) is 0. The van der Waals surface area contributed by atoms with Crippen molar-refractivity contribution in [1.82, 2.24) is 5.32 Å². The van der Waals surface area contributed by atoms with E-state index in [0.29, 0.717) is 5.92 Å². The quantitative estimate of drug-likeness (QED) is 0.619. The zero-order chi connectivity index (χ0) is 17.6. The topological polar surface area (TPSA) is 21.3 Å². The van der Waals surface area contributed by atoms with Crippen LogP contribution in [0.25, 0.3) is 10.8 Å². The molecule has 2 nitrogen and oxygen atoms in total. The Hall–Kier alpha value is -2.32. The molecule has 0 aliphatic heterocycles. The first kappa shape index (κ1) is 17.5. The minimum absolute atomic E-state index is 0.513. The van der Waals surface area contributed by atoms with Gasteiger partial charge in [0.2, 0.25) is 0 Å². The Labute approximate surface area is 150 Å². The Kier molecular flexibility index (Phi) is 5.72. The first-order valence-corrected chi connectivity index (χ1v) is 9.03. The molecule has 0 atom stereocenters. The van der Waals surface area contributed by atoms with Gasteiger partial charge in [0.15, 0.2) is 0 Å². The lowest BCUT2D eigenvalue weighted by molar-refractivity contribution is 0.268. The minimum Gasteiger partial charge on any atom is -0.493 e. The van der Waals surface area contributed by atoms with E-state index < -0.39 is 0 Å².